The Bertz CT molecular complexity index is 1090. The van der Waals surface area contributed by atoms with E-state index in [4.69, 9.17) is 16.3 Å². The van der Waals surface area contributed by atoms with Crippen molar-refractivity contribution in [3.8, 4) is 0 Å². The molecule has 0 saturated carbocycles. The Morgan fingerprint density at radius 3 is 2.65 bits per heavy atom. The first-order valence-electron chi connectivity index (χ1n) is 9.92. The number of halogens is 1. The lowest BCUT2D eigenvalue weighted by atomic mass is 10.3. The fourth-order valence-electron chi connectivity index (χ4n) is 3.71. The fourth-order valence-corrected chi connectivity index (χ4v) is 6.27. The van der Waals surface area contributed by atoms with E-state index in [0.717, 1.165) is 34.9 Å². The normalized spacial score (nSPS) is 22.3. The van der Waals surface area contributed by atoms with Crippen molar-refractivity contribution in [1.29, 1.82) is 0 Å². The van der Waals surface area contributed by atoms with Gasteiger partial charge < -0.3 is 14.5 Å². The third-order valence-electron chi connectivity index (χ3n) is 5.41. The van der Waals surface area contributed by atoms with Gasteiger partial charge in [0.1, 0.15) is 11.0 Å². The number of carbonyl (C=O) groups is 2. The molecule has 1 atom stereocenters. The number of fused-ring (bicyclic) bond motifs is 1. The predicted octanol–water partition coefficient (Wildman–Crippen LogP) is 3.03. The SMILES string of the molecule is [11CH3]N1CCN(C(=O)OC2C3=C(SCCS3)C(=O)N2c2ccc3ccc(Cl)nc3n2)CC1. The zero-order valence-corrected chi connectivity index (χ0v) is 19.2. The third kappa shape index (κ3) is 3.97. The summed E-state index contributed by atoms with van der Waals surface area (Å²) in [7, 11) is 2.03. The van der Waals surface area contributed by atoms with E-state index in [2.05, 4.69) is 14.9 Å². The van der Waals surface area contributed by atoms with E-state index < -0.39 is 12.3 Å². The van der Waals surface area contributed by atoms with Crippen molar-refractivity contribution in [2.75, 3.05) is 49.6 Å². The number of rotatable bonds is 2. The van der Waals surface area contributed by atoms with E-state index in [1.807, 2.05) is 19.2 Å². The molecule has 8 nitrogen and oxygen atoms in total. The van der Waals surface area contributed by atoms with E-state index in [1.165, 1.54) is 16.7 Å². The predicted molar refractivity (Wildman–Crippen MR) is 123 cm³/mol. The summed E-state index contributed by atoms with van der Waals surface area (Å²) in [4.78, 5) is 41.8. The Balaban J connectivity index is 1.47. The quantitative estimate of drug-likeness (QED) is 0.612. The van der Waals surface area contributed by atoms with Crippen LogP contribution >= 0.6 is 35.1 Å². The number of piperazine rings is 1. The minimum absolute atomic E-state index is 0.197. The number of pyridine rings is 2. The fraction of sp³-hybridized carbons (Fsp3) is 0.400. The zero-order chi connectivity index (χ0) is 21.5. The Morgan fingerprint density at radius 2 is 1.84 bits per heavy atom. The van der Waals surface area contributed by atoms with Crippen LogP contribution in [0.4, 0.5) is 10.6 Å². The van der Waals surface area contributed by atoms with Crippen molar-refractivity contribution in [3.63, 3.8) is 0 Å². The minimum atomic E-state index is -0.823. The standard InChI is InChI=1S/C20H20ClN5O3S2/c1-24-6-8-25(9-7-24)20(28)29-19-16-15(30-10-11-31-16)18(27)26(19)14-5-3-12-2-4-13(21)22-17(12)23-14/h2-5,19H,6-11H2,1H3/i1-1. The van der Waals surface area contributed by atoms with Gasteiger partial charge in [-0.1, -0.05) is 11.6 Å². The number of aromatic nitrogens is 2. The average molecular weight is 477 g/mol. The van der Waals surface area contributed by atoms with E-state index >= 15 is 0 Å². The summed E-state index contributed by atoms with van der Waals surface area (Å²) in [6.07, 6.45) is -1.24. The maximum atomic E-state index is 13.3. The van der Waals surface area contributed by atoms with Crippen LogP contribution in [0.2, 0.25) is 5.15 Å². The Kier molecular flexibility index (Phi) is 5.72. The minimum Gasteiger partial charge on any atom is -0.420 e. The van der Waals surface area contributed by atoms with Gasteiger partial charge in [0.05, 0.1) is 9.81 Å². The summed E-state index contributed by atoms with van der Waals surface area (Å²) >= 11 is 9.10. The van der Waals surface area contributed by atoms with Gasteiger partial charge in [-0.3, -0.25) is 4.79 Å². The van der Waals surface area contributed by atoms with Gasteiger partial charge >= 0.3 is 6.09 Å². The molecule has 162 valence electrons. The summed E-state index contributed by atoms with van der Waals surface area (Å²) in [6, 6.07) is 7.11. The van der Waals surface area contributed by atoms with E-state index in [1.54, 1.807) is 28.8 Å². The number of carbonyl (C=O) groups excluding carboxylic acids is 2. The van der Waals surface area contributed by atoms with Crippen LogP contribution in [0.1, 0.15) is 0 Å². The first kappa shape index (κ1) is 20.9. The van der Waals surface area contributed by atoms with E-state index in [9.17, 15) is 9.59 Å². The molecule has 3 aliphatic heterocycles. The smallest absolute Gasteiger partial charge is 0.412 e. The highest BCUT2D eigenvalue weighted by molar-refractivity contribution is 8.10. The molecule has 2 amide bonds. The van der Waals surface area contributed by atoms with Gasteiger partial charge in [0.2, 0.25) is 6.23 Å². The lowest BCUT2D eigenvalue weighted by molar-refractivity contribution is -0.115. The number of hydrogen-bond acceptors (Lipinski definition) is 8. The molecule has 2 aromatic heterocycles. The second-order valence-corrected chi connectivity index (χ2v) is 10.1. The van der Waals surface area contributed by atoms with E-state index in [-0.39, 0.29) is 5.91 Å². The van der Waals surface area contributed by atoms with E-state index in [0.29, 0.717) is 34.6 Å². The number of hydrogen-bond donors (Lipinski definition) is 0. The topological polar surface area (TPSA) is 78.9 Å². The summed E-state index contributed by atoms with van der Waals surface area (Å²) in [6.45, 7) is 2.78. The zero-order valence-electron chi connectivity index (χ0n) is 16.8. The molecule has 3 aliphatic rings. The summed E-state index contributed by atoms with van der Waals surface area (Å²) in [5, 5.41) is 1.14. The van der Waals surface area contributed by atoms with Crippen LogP contribution < -0.4 is 4.90 Å². The number of amides is 2. The van der Waals surface area contributed by atoms with Gasteiger partial charge in [-0.15, -0.1) is 23.5 Å². The van der Waals surface area contributed by atoms with Crippen LogP contribution in [-0.4, -0.2) is 82.7 Å². The van der Waals surface area contributed by atoms with Crippen LogP contribution in [0.3, 0.4) is 0 Å². The van der Waals surface area contributed by atoms with Crippen molar-refractivity contribution in [2.24, 2.45) is 0 Å². The molecular formula is C20H20ClN5O3S2. The first-order valence-corrected chi connectivity index (χ1v) is 12.3. The molecule has 1 saturated heterocycles. The molecule has 0 aliphatic carbocycles. The van der Waals surface area contributed by atoms with Crippen molar-refractivity contribution in [2.45, 2.75) is 6.23 Å². The maximum absolute atomic E-state index is 13.3. The van der Waals surface area contributed by atoms with Crippen LogP contribution in [0.15, 0.2) is 34.1 Å². The third-order valence-corrected chi connectivity index (χ3v) is 8.22. The number of thioether (sulfide) groups is 2. The monoisotopic (exact) mass is 476 g/mol. The molecule has 31 heavy (non-hydrogen) atoms. The van der Waals surface area contributed by atoms with Gasteiger partial charge in [-0.2, -0.15) is 0 Å². The highest BCUT2D eigenvalue weighted by Gasteiger charge is 2.45. The van der Waals surface area contributed by atoms with Crippen molar-refractivity contribution < 1.29 is 14.3 Å². The van der Waals surface area contributed by atoms with Crippen molar-refractivity contribution in [3.05, 3.63) is 39.2 Å². The van der Waals surface area contributed by atoms with Gasteiger partial charge in [-0.05, 0) is 31.3 Å². The molecule has 1 fully saturated rings. The highest BCUT2D eigenvalue weighted by Crippen LogP contribution is 2.45. The summed E-state index contributed by atoms with van der Waals surface area (Å²) < 4.78 is 5.92. The molecule has 1 unspecified atom stereocenters. The Labute approximate surface area is 192 Å². The van der Waals surface area contributed by atoms with Gasteiger partial charge in [0.15, 0.2) is 5.65 Å². The molecule has 11 heteroatoms. The average Bonchev–Trinajstić information content (AvgIpc) is 3.05. The molecule has 5 rings (SSSR count). The molecule has 0 spiro atoms. The van der Waals surface area contributed by atoms with Crippen LogP contribution in [0.5, 0.6) is 0 Å². The van der Waals surface area contributed by atoms with Crippen molar-refractivity contribution in [1.82, 2.24) is 19.8 Å². The molecule has 0 radical (unpaired) electrons. The first-order chi connectivity index (χ1) is 15.0. The lowest BCUT2D eigenvalue weighted by Gasteiger charge is -2.33. The second-order valence-electron chi connectivity index (χ2n) is 7.44. The van der Waals surface area contributed by atoms with Crippen LogP contribution in [0.25, 0.3) is 11.0 Å². The number of anilines is 1. The molecular weight excluding hydrogens is 457 g/mol. The molecule has 2 aromatic rings. The van der Waals surface area contributed by atoms with Gasteiger partial charge in [0, 0.05) is 43.1 Å². The largest absolute Gasteiger partial charge is 0.420 e. The maximum Gasteiger partial charge on any atom is 0.412 e. The number of nitrogens with zero attached hydrogens (tertiary/aromatic N) is 5. The van der Waals surface area contributed by atoms with Crippen LogP contribution in [-0.2, 0) is 9.53 Å². The number of ether oxygens (including phenoxy) is 1. The highest BCUT2D eigenvalue weighted by atomic mass is 35.5. The number of likely N-dealkylation sites (N-methyl/N-ethyl adjacent to an activating group) is 1. The van der Waals surface area contributed by atoms with Gasteiger partial charge in [0.25, 0.3) is 5.91 Å². The second kappa shape index (κ2) is 8.50. The molecule has 5 heterocycles. The molecule has 0 N–H and O–H groups in total. The van der Waals surface area contributed by atoms with Crippen LogP contribution in [0, 0.1) is 0 Å². The molecule has 0 aromatic carbocycles. The molecule has 0 bridgehead atoms. The van der Waals surface area contributed by atoms with Gasteiger partial charge in [-0.25, -0.2) is 19.7 Å². The summed E-state index contributed by atoms with van der Waals surface area (Å²) in [5.41, 5.74) is 0.437. The van der Waals surface area contributed by atoms with Crippen molar-refractivity contribution >= 4 is 64.0 Å². The lowest BCUT2D eigenvalue weighted by Crippen LogP contribution is -2.49. The Hall–Kier alpha value is -2.01. The summed E-state index contributed by atoms with van der Waals surface area (Å²) in [5.74, 6) is 1.89. The Morgan fingerprint density at radius 1 is 1.10 bits per heavy atom.